The van der Waals surface area contributed by atoms with E-state index in [9.17, 15) is 53.1 Å². The molecule has 0 unspecified atom stereocenters. The number of halogens is 1. The van der Waals surface area contributed by atoms with Crippen molar-refractivity contribution in [3.05, 3.63) is 76.3 Å². The molecule has 87 heavy (non-hydrogen) atoms. The van der Waals surface area contributed by atoms with E-state index in [-0.39, 0.29) is 80.9 Å². The maximum absolute atomic E-state index is 14.4. The number of alkyl carbamates (subject to hydrolysis) is 1. The number of nitrogens with two attached hydrogens (primary N) is 1. The number of fused-ring (bicyclic) bond motifs is 5. The van der Waals surface area contributed by atoms with Gasteiger partial charge in [0, 0.05) is 77.9 Å². The fourth-order valence-corrected chi connectivity index (χ4v) is 10.4. The summed E-state index contributed by atoms with van der Waals surface area (Å²) in [5.74, 6) is -3.98. The summed E-state index contributed by atoms with van der Waals surface area (Å²) in [7, 11) is 5.83. The SMILES string of the molecule is COc1cc2cc(c1Cl)N(C)C(=O)C[C@H](OC(=O)[C@H](C)N(C)C(=O)CCN(C)C(=O)OCc1ccc(NC(=O)[C@H](CCCNC(N)=O)NC(=O)[C@@H](NC(=O)CCCCC(C)=O)C(C)C)cc1)[C@]1(C)O[C@H]1[C@H](C)[C@@H]1C[C@](O)(C/C=C/C=C(\C)C2)NC(=O)O1. The lowest BCUT2D eigenvalue weighted by atomic mass is 9.84. The predicted octanol–water partition coefficient (Wildman–Crippen LogP) is 5.71. The minimum atomic E-state index is -1.65. The minimum Gasteiger partial charge on any atom is -0.495 e. The Balaban J connectivity index is 1.19. The summed E-state index contributed by atoms with van der Waals surface area (Å²) in [4.78, 5) is 134. The summed E-state index contributed by atoms with van der Waals surface area (Å²) in [6, 6.07) is 5.89. The topological polar surface area (TPSA) is 336 Å². The number of ether oxygens (including phenoxy) is 5. The Morgan fingerprint density at radius 3 is 2.32 bits per heavy atom. The summed E-state index contributed by atoms with van der Waals surface area (Å²) < 4.78 is 29.2. The van der Waals surface area contributed by atoms with E-state index in [1.54, 1.807) is 76.2 Å². The number of hydrogen-bond acceptors (Lipinski definition) is 16. The number of urea groups is 1. The lowest BCUT2D eigenvalue weighted by Crippen LogP contribution is -2.57. The van der Waals surface area contributed by atoms with Crippen LogP contribution in [0.5, 0.6) is 5.75 Å². The van der Waals surface area contributed by atoms with Crippen LogP contribution in [0.25, 0.3) is 0 Å². The van der Waals surface area contributed by atoms with Gasteiger partial charge < -0.3 is 75.3 Å². The molecule has 0 aliphatic carbocycles. The van der Waals surface area contributed by atoms with Crippen molar-refractivity contribution in [3.8, 4) is 5.75 Å². The van der Waals surface area contributed by atoms with Gasteiger partial charge in [0.25, 0.3) is 0 Å². The number of primary amides is 1. The molecule has 5 rings (SSSR count). The van der Waals surface area contributed by atoms with Crippen molar-refractivity contribution in [1.82, 2.24) is 31.1 Å². The molecule has 0 radical (unpaired) electrons. The van der Waals surface area contributed by atoms with E-state index in [0.29, 0.717) is 48.4 Å². The van der Waals surface area contributed by atoms with E-state index in [1.807, 2.05) is 13.0 Å². The van der Waals surface area contributed by atoms with E-state index in [4.69, 9.17) is 41.0 Å². The number of epoxide rings is 1. The molecule has 25 nitrogen and oxygen atoms in total. The van der Waals surface area contributed by atoms with Crippen LogP contribution in [0.15, 0.2) is 60.2 Å². The van der Waals surface area contributed by atoms with Crippen LogP contribution in [0.3, 0.4) is 0 Å². The fourth-order valence-electron chi connectivity index (χ4n) is 10.1. The number of carbonyl (C=O) groups is 10. The number of Topliss-reactive ketones (excluding diaryl/α,β-unsaturated/α-hetero) is 1. The van der Waals surface area contributed by atoms with Crippen molar-refractivity contribution in [3.63, 3.8) is 0 Å². The van der Waals surface area contributed by atoms with Gasteiger partial charge in [-0.1, -0.05) is 68.3 Å². The second-order valence-corrected chi connectivity index (χ2v) is 23.6. The average molecular weight is 1240 g/mol. The van der Waals surface area contributed by atoms with Gasteiger partial charge in [0.1, 0.15) is 64.8 Å². The van der Waals surface area contributed by atoms with Crippen LogP contribution in [0.2, 0.25) is 5.02 Å². The number of ketones is 1. The average Bonchev–Trinajstić information content (AvgIpc) is 1.59. The number of nitrogens with zero attached hydrogens (tertiary/aromatic N) is 3. The molecule has 4 bridgehead atoms. The highest BCUT2D eigenvalue weighted by atomic mass is 35.5. The largest absolute Gasteiger partial charge is 0.495 e. The number of allylic oxidation sites excluding steroid dienone is 3. The number of esters is 1. The Morgan fingerprint density at radius 1 is 0.977 bits per heavy atom. The first-order valence-corrected chi connectivity index (χ1v) is 29.5. The van der Waals surface area contributed by atoms with Gasteiger partial charge in [-0.25, -0.2) is 19.2 Å². The molecule has 9 atom stereocenters. The minimum absolute atomic E-state index is 0.000642. The van der Waals surface area contributed by atoms with Crippen LogP contribution >= 0.6 is 11.6 Å². The predicted molar refractivity (Wildman–Crippen MR) is 322 cm³/mol. The number of amides is 9. The molecule has 2 aromatic carbocycles. The molecular formula is C61H86ClN9O16. The van der Waals surface area contributed by atoms with Gasteiger partial charge in [0.05, 0.1) is 25.3 Å². The number of unbranched alkanes of at least 4 members (excludes halogenated alkanes) is 1. The molecule has 9 amide bonds. The second kappa shape index (κ2) is 31.7. The zero-order valence-electron chi connectivity index (χ0n) is 51.6. The van der Waals surface area contributed by atoms with Gasteiger partial charge in [-0.05, 0) is 101 Å². The third-order valence-corrected chi connectivity index (χ3v) is 16.1. The number of benzene rings is 2. The highest BCUT2D eigenvalue weighted by molar-refractivity contribution is 6.35. The summed E-state index contributed by atoms with van der Waals surface area (Å²) in [5, 5.41) is 24.9. The first-order chi connectivity index (χ1) is 40.9. The quantitative estimate of drug-likeness (QED) is 0.0286. The molecule has 0 aromatic heterocycles. The summed E-state index contributed by atoms with van der Waals surface area (Å²) >= 11 is 6.81. The monoisotopic (exact) mass is 1240 g/mol. The second-order valence-electron chi connectivity index (χ2n) is 23.2. The molecule has 2 saturated heterocycles. The molecule has 8 N–H and O–H groups in total. The summed E-state index contributed by atoms with van der Waals surface area (Å²) in [5.41, 5.74) is 5.17. The number of nitrogens with one attached hydrogen (secondary N) is 5. The summed E-state index contributed by atoms with van der Waals surface area (Å²) in [6.07, 6.45) is 2.72. The Kier molecular flexibility index (Phi) is 25.5. The van der Waals surface area contributed by atoms with Gasteiger partial charge in [0.15, 0.2) is 0 Å². The standard InChI is InChI=1S/C61H86ClN9O16/c1-35(2)52(67-48(73)20-13-12-18-37(4)72)55(77)66-43(19-16-27-64-57(63)79)54(76)65-42-23-21-40(22-24-42)34-84-59(81)69(8)28-25-49(74)70(9)39(6)56(78)86-47-32-50(75)71(10)44-30-41(31-45(83-11)51(44)62)29-36(3)17-14-15-26-61(82)33-46(85-58(80)68-61)38(5)53-60(47,7)87-53/h14-15,17,21-24,30-31,35,38-39,43,46-47,52-53,82H,12-13,16,18-20,25-29,32-34H2,1-11H3,(H,65,76)(H,66,77)(H,67,73)(H,68,80)(H3,63,64,79)/b15-14+,36-17+/t38-,39+,43+,46+,47+,52+,53+,60+,61-/m1/s1. The Bertz CT molecular complexity index is 2900. The molecular weight excluding hydrogens is 1150 g/mol. The van der Waals surface area contributed by atoms with Crippen molar-refractivity contribution >= 4 is 82.5 Å². The number of rotatable bonds is 24. The Hall–Kier alpha value is -7.77. The third-order valence-electron chi connectivity index (χ3n) is 15.8. The zero-order valence-corrected chi connectivity index (χ0v) is 52.3. The molecule has 3 aliphatic heterocycles. The number of anilines is 2. The molecule has 2 aromatic rings. The van der Waals surface area contributed by atoms with E-state index in [1.165, 1.54) is 51.9 Å². The number of carbonyl (C=O) groups excluding carboxylic acids is 10. The van der Waals surface area contributed by atoms with Gasteiger partial charge >= 0.3 is 24.2 Å². The van der Waals surface area contributed by atoms with Crippen molar-refractivity contribution in [2.24, 2.45) is 17.6 Å². The van der Waals surface area contributed by atoms with Crippen LogP contribution in [-0.2, 0) is 65.5 Å². The maximum atomic E-state index is 14.4. The van der Waals surface area contributed by atoms with Gasteiger partial charge in [0.2, 0.25) is 29.5 Å². The van der Waals surface area contributed by atoms with Crippen LogP contribution in [0.4, 0.5) is 25.8 Å². The first-order valence-electron chi connectivity index (χ1n) is 29.2. The number of hydrogen-bond donors (Lipinski definition) is 7. The molecule has 26 heteroatoms. The number of likely N-dealkylation sites (N-methyl/N-ethyl adjacent to an activating group) is 1. The smallest absolute Gasteiger partial charge is 0.409 e. The van der Waals surface area contributed by atoms with Gasteiger partial charge in [-0.15, -0.1) is 0 Å². The molecule has 478 valence electrons. The number of methoxy groups -OCH3 is 1. The van der Waals surface area contributed by atoms with Crippen LogP contribution in [0.1, 0.15) is 124 Å². The van der Waals surface area contributed by atoms with Crippen molar-refractivity contribution in [2.45, 2.75) is 173 Å². The highest BCUT2D eigenvalue weighted by Crippen LogP contribution is 2.49. The van der Waals surface area contributed by atoms with E-state index < -0.39 is 108 Å². The van der Waals surface area contributed by atoms with E-state index in [0.717, 1.165) is 16.0 Å². The van der Waals surface area contributed by atoms with Crippen molar-refractivity contribution in [1.29, 1.82) is 0 Å². The van der Waals surface area contributed by atoms with Gasteiger partial charge in [-0.3, -0.25) is 29.3 Å². The van der Waals surface area contributed by atoms with E-state index >= 15 is 0 Å². The fraction of sp³-hybridized carbons (Fsp3) is 0.574. The molecule has 0 saturated carbocycles. The molecule has 2 fully saturated rings. The molecule has 0 spiro atoms. The normalized spacial score (nSPS) is 23.1. The van der Waals surface area contributed by atoms with Crippen LogP contribution in [-0.4, -0.2) is 164 Å². The van der Waals surface area contributed by atoms with Crippen LogP contribution in [0, 0.1) is 11.8 Å². The highest BCUT2D eigenvalue weighted by Gasteiger charge is 2.64. The van der Waals surface area contributed by atoms with E-state index in [2.05, 4.69) is 26.6 Å². The third kappa shape index (κ3) is 20.4. The molecule has 3 heterocycles. The first kappa shape index (κ1) is 70.0. The van der Waals surface area contributed by atoms with Gasteiger partial charge in [-0.2, -0.15) is 0 Å². The maximum Gasteiger partial charge on any atom is 0.409 e. The Morgan fingerprint density at radius 2 is 1.67 bits per heavy atom. The summed E-state index contributed by atoms with van der Waals surface area (Å²) in [6.45, 7) is 11.6. The van der Waals surface area contributed by atoms with Crippen molar-refractivity contribution < 1.29 is 76.7 Å². The zero-order chi connectivity index (χ0) is 64.5. The molecule has 3 aliphatic rings. The van der Waals surface area contributed by atoms with Crippen LogP contribution < -0.4 is 42.0 Å². The van der Waals surface area contributed by atoms with Crippen molar-refractivity contribution in [2.75, 3.05) is 51.6 Å². The lowest BCUT2D eigenvalue weighted by molar-refractivity contribution is -0.162. The Labute approximate surface area is 513 Å². The lowest BCUT2D eigenvalue weighted by Gasteiger charge is -2.39. The number of aliphatic hydroxyl groups is 1.